The first-order chi connectivity index (χ1) is 9.44. The fraction of sp³-hybridized carbons (Fsp3) is 0.375. The second-order valence-corrected chi connectivity index (χ2v) is 6.21. The monoisotopic (exact) mass is 271 g/mol. The molecule has 4 nitrogen and oxygen atoms in total. The third-order valence-electron chi connectivity index (χ3n) is 3.74. The molecule has 0 saturated heterocycles. The van der Waals surface area contributed by atoms with Crippen LogP contribution >= 0.6 is 0 Å². The number of hydrogen-bond acceptors (Lipinski definition) is 3. The van der Waals surface area contributed by atoms with Gasteiger partial charge in [-0.2, -0.15) is 0 Å². The summed E-state index contributed by atoms with van der Waals surface area (Å²) in [6.07, 6.45) is 3.23. The van der Waals surface area contributed by atoms with E-state index in [1.54, 1.807) is 18.4 Å². The Bertz CT molecular complexity index is 708. The minimum absolute atomic E-state index is 0.0877. The average molecular weight is 271 g/mol. The van der Waals surface area contributed by atoms with Crippen molar-refractivity contribution < 1.29 is 9.21 Å². The van der Waals surface area contributed by atoms with E-state index in [1.807, 2.05) is 19.9 Å². The second-order valence-electron chi connectivity index (χ2n) is 6.21. The highest BCUT2D eigenvalue weighted by Crippen LogP contribution is 2.33. The van der Waals surface area contributed by atoms with Crippen molar-refractivity contribution in [2.24, 2.45) is 5.41 Å². The molecule has 0 fully saturated rings. The fourth-order valence-electron chi connectivity index (χ4n) is 2.80. The van der Waals surface area contributed by atoms with E-state index in [2.05, 4.69) is 4.98 Å². The van der Waals surface area contributed by atoms with Crippen LogP contribution in [-0.4, -0.2) is 10.8 Å². The van der Waals surface area contributed by atoms with Gasteiger partial charge < -0.3 is 9.40 Å². The van der Waals surface area contributed by atoms with Crippen molar-refractivity contribution in [3.05, 3.63) is 57.4 Å². The molecule has 20 heavy (non-hydrogen) atoms. The molecular formula is C16H17NO3. The van der Waals surface area contributed by atoms with E-state index in [-0.39, 0.29) is 16.8 Å². The first-order valence-electron chi connectivity index (χ1n) is 6.75. The summed E-state index contributed by atoms with van der Waals surface area (Å²) >= 11 is 0. The number of nitrogens with one attached hydrogen (secondary N) is 1. The van der Waals surface area contributed by atoms with E-state index >= 15 is 0 Å². The van der Waals surface area contributed by atoms with Crippen LogP contribution < -0.4 is 5.56 Å². The maximum atomic E-state index is 12.2. The standard InChI is InChI=1S/C16H17NO3/c1-16(2)8-13-12(14(18)9-16)7-10(15(19)17-13)6-11-4-3-5-20-11/h3-5,7H,6,8-9H2,1-2H3,(H,17,19). The Hall–Kier alpha value is -2.10. The highest BCUT2D eigenvalue weighted by molar-refractivity contribution is 5.98. The van der Waals surface area contributed by atoms with Crippen LogP contribution in [0.3, 0.4) is 0 Å². The van der Waals surface area contributed by atoms with Crippen LogP contribution in [0.25, 0.3) is 0 Å². The molecular weight excluding hydrogens is 254 g/mol. The number of aromatic nitrogens is 1. The van der Waals surface area contributed by atoms with Crippen molar-refractivity contribution >= 4 is 5.78 Å². The summed E-state index contributed by atoms with van der Waals surface area (Å²) in [7, 11) is 0. The van der Waals surface area contributed by atoms with Crippen molar-refractivity contribution in [1.82, 2.24) is 4.98 Å². The van der Waals surface area contributed by atoms with Gasteiger partial charge in [0, 0.05) is 29.7 Å². The molecule has 0 saturated carbocycles. The summed E-state index contributed by atoms with van der Waals surface area (Å²) in [4.78, 5) is 27.2. The molecule has 1 aliphatic carbocycles. The molecule has 0 spiro atoms. The highest BCUT2D eigenvalue weighted by Gasteiger charge is 2.32. The van der Waals surface area contributed by atoms with Crippen LogP contribution in [0.1, 0.15) is 47.6 Å². The molecule has 3 rings (SSSR count). The maximum Gasteiger partial charge on any atom is 0.251 e. The predicted molar refractivity (Wildman–Crippen MR) is 75.0 cm³/mol. The SMILES string of the molecule is CC1(C)CC(=O)c2cc(Cc3ccco3)c(=O)[nH]c2C1. The minimum Gasteiger partial charge on any atom is -0.469 e. The molecule has 2 aromatic heterocycles. The van der Waals surface area contributed by atoms with E-state index in [0.717, 1.165) is 17.9 Å². The van der Waals surface area contributed by atoms with Gasteiger partial charge >= 0.3 is 0 Å². The van der Waals surface area contributed by atoms with Crippen molar-refractivity contribution in [1.29, 1.82) is 0 Å². The van der Waals surface area contributed by atoms with Gasteiger partial charge in [-0.05, 0) is 30.0 Å². The average Bonchev–Trinajstić information content (AvgIpc) is 2.82. The Balaban J connectivity index is 2.02. The molecule has 0 aromatic carbocycles. The van der Waals surface area contributed by atoms with Crippen LogP contribution in [0.5, 0.6) is 0 Å². The number of Topliss-reactive ketones (excluding diaryl/α,β-unsaturated/α-hetero) is 1. The number of carbonyl (C=O) groups is 1. The van der Waals surface area contributed by atoms with E-state index in [9.17, 15) is 9.59 Å². The van der Waals surface area contributed by atoms with Gasteiger partial charge in [0.2, 0.25) is 0 Å². The normalized spacial score (nSPS) is 17.0. The highest BCUT2D eigenvalue weighted by atomic mass is 16.3. The zero-order valence-corrected chi connectivity index (χ0v) is 11.7. The number of H-pyrrole nitrogens is 1. The first kappa shape index (κ1) is 12.9. The van der Waals surface area contributed by atoms with Crippen molar-refractivity contribution in [3.8, 4) is 0 Å². The molecule has 0 bridgehead atoms. The number of carbonyl (C=O) groups excluding carboxylic acids is 1. The Morgan fingerprint density at radius 2 is 2.10 bits per heavy atom. The molecule has 0 aliphatic heterocycles. The van der Waals surface area contributed by atoms with Crippen molar-refractivity contribution in [2.45, 2.75) is 33.1 Å². The molecule has 0 unspecified atom stereocenters. The van der Waals surface area contributed by atoms with Gasteiger partial charge in [-0.15, -0.1) is 0 Å². The lowest BCUT2D eigenvalue weighted by atomic mass is 9.75. The van der Waals surface area contributed by atoms with Gasteiger partial charge in [-0.3, -0.25) is 9.59 Å². The van der Waals surface area contributed by atoms with Gasteiger partial charge in [0.25, 0.3) is 5.56 Å². The van der Waals surface area contributed by atoms with Crippen LogP contribution in [-0.2, 0) is 12.8 Å². The number of fused-ring (bicyclic) bond motifs is 1. The molecule has 2 heterocycles. The summed E-state index contributed by atoms with van der Waals surface area (Å²) in [5, 5.41) is 0. The fourth-order valence-corrected chi connectivity index (χ4v) is 2.80. The van der Waals surface area contributed by atoms with Crippen molar-refractivity contribution in [2.75, 3.05) is 0 Å². The van der Waals surface area contributed by atoms with E-state index in [4.69, 9.17) is 4.42 Å². The van der Waals surface area contributed by atoms with E-state index in [1.165, 1.54) is 0 Å². The predicted octanol–water partition coefficient (Wildman–Crippen LogP) is 2.71. The van der Waals surface area contributed by atoms with E-state index < -0.39 is 0 Å². The number of furan rings is 1. The summed E-state index contributed by atoms with van der Waals surface area (Å²) in [6.45, 7) is 4.09. The third-order valence-corrected chi connectivity index (χ3v) is 3.74. The lowest BCUT2D eigenvalue weighted by Gasteiger charge is -2.29. The molecule has 1 N–H and O–H groups in total. The quantitative estimate of drug-likeness (QED) is 0.913. The maximum absolute atomic E-state index is 12.2. The summed E-state index contributed by atoms with van der Waals surface area (Å²) in [5.41, 5.74) is 1.78. The Kier molecular flexibility index (Phi) is 2.89. The summed E-state index contributed by atoms with van der Waals surface area (Å²) < 4.78 is 5.26. The number of aromatic amines is 1. The zero-order chi connectivity index (χ0) is 14.3. The lowest BCUT2D eigenvalue weighted by molar-refractivity contribution is 0.0910. The van der Waals surface area contributed by atoms with Gasteiger partial charge in [0.1, 0.15) is 5.76 Å². The topological polar surface area (TPSA) is 63.1 Å². The molecule has 0 amide bonds. The zero-order valence-electron chi connectivity index (χ0n) is 11.7. The van der Waals surface area contributed by atoms with Gasteiger partial charge in [0.05, 0.1) is 6.26 Å². The lowest BCUT2D eigenvalue weighted by Crippen LogP contribution is -2.31. The van der Waals surface area contributed by atoms with Gasteiger partial charge in [0.15, 0.2) is 5.78 Å². The third kappa shape index (κ3) is 2.33. The Labute approximate surface area is 116 Å². The van der Waals surface area contributed by atoms with Crippen LogP contribution in [0.4, 0.5) is 0 Å². The molecule has 2 aromatic rings. The van der Waals surface area contributed by atoms with Crippen LogP contribution in [0.15, 0.2) is 33.7 Å². The first-order valence-corrected chi connectivity index (χ1v) is 6.75. The van der Waals surface area contributed by atoms with Gasteiger partial charge in [-0.25, -0.2) is 0 Å². The molecule has 104 valence electrons. The summed E-state index contributed by atoms with van der Waals surface area (Å²) in [5.74, 6) is 0.826. The number of ketones is 1. The minimum atomic E-state index is -0.134. The number of pyridine rings is 1. The number of rotatable bonds is 2. The molecule has 1 aliphatic rings. The molecule has 0 atom stereocenters. The largest absolute Gasteiger partial charge is 0.469 e. The van der Waals surface area contributed by atoms with Crippen LogP contribution in [0.2, 0.25) is 0 Å². The van der Waals surface area contributed by atoms with Crippen molar-refractivity contribution in [3.63, 3.8) is 0 Å². The Morgan fingerprint density at radius 3 is 2.80 bits per heavy atom. The summed E-state index contributed by atoms with van der Waals surface area (Å²) in [6, 6.07) is 5.34. The van der Waals surface area contributed by atoms with E-state index in [0.29, 0.717) is 24.0 Å². The second kappa shape index (κ2) is 4.47. The molecule has 0 radical (unpaired) electrons. The van der Waals surface area contributed by atoms with Gasteiger partial charge in [-0.1, -0.05) is 13.8 Å². The Morgan fingerprint density at radius 1 is 1.30 bits per heavy atom. The van der Waals surface area contributed by atoms with Crippen LogP contribution in [0, 0.1) is 5.41 Å². The smallest absolute Gasteiger partial charge is 0.251 e. The number of hydrogen-bond donors (Lipinski definition) is 1. The molecule has 4 heteroatoms.